The third-order valence-electron chi connectivity index (χ3n) is 4.01. The standard InChI is InChI=1S/C10H21N.C9H12.3CH4.Y/c1-9(2)11-8-10-6-4-3-5-7-10;1-8(2)9-6-4-3-5-7-9;;;;/h9-11H,3-8H2,1-2H3;3-8H,1-2H3;3*1H4;. The van der Waals surface area contributed by atoms with Crippen LogP contribution in [0.25, 0.3) is 0 Å². The molecule has 1 aliphatic carbocycles. The maximum Gasteiger partial charge on any atom is 0.00104 e. The van der Waals surface area contributed by atoms with Crippen LogP contribution in [0.1, 0.15) is 93.6 Å². The van der Waals surface area contributed by atoms with Gasteiger partial charge in [0.25, 0.3) is 0 Å². The van der Waals surface area contributed by atoms with E-state index in [4.69, 9.17) is 0 Å². The average molecular weight is 413 g/mol. The first-order chi connectivity index (χ1) is 9.59. The van der Waals surface area contributed by atoms with Gasteiger partial charge in [-0.25, -0.2) is 0 Å². The van der Waals surface area contributed by atoms with Gasteiger partial charge in [-0.3, -0.25) is 0 Å². The quantitative estimate of drug-likeness (QED) is 0.548. The molecular formula is C22H45NY. The zero-order valence-electron chi connectivity index (χ0n) is 14.4. The van der Waals surface area contributed by atoms with Gasteiger partial charge in [0.1, 0.15) is 0 Å². The van der Waals surface area contributed by atoms with Crippen LogP contribution in [-0.4, -0.2) is 12.6 Å². The Morgan fingerprint density at radius 2 is 1.38 bits per heavy atom. The monoisotopic (exact) mass is 412 g/mol. The predicted octanol–water partition coefficient (Wildman–Crippen LogP) is 7.28. The van der Waals surface area contributed by atoms with Crippen LogP contribution in [0.15, 0.2) is 30.3 Å². The Hall–Kier alpha value is 0.284. The van der Waals surface area contributed by atoms with Crippen molar-refractivity contribution in [2.75, 3.05) is 6.54 Å². The van der Waals surface area contributed by atoms with Crippen LogP contribution in [0.2, 0.25) is 0 Å². The molecule has 0 atom stereocenters. The van der Waals surface area contributed by atoms with Gasteiger partial charge in [-0.1, -0.05) is 99.6 Å². The molecule has 0 saturated heterocycles. The molecule has 2 rings (SSSR count). The van der Waals surface area contributed by atoms with Crippen LogP contribution in [-0.2, 0) is 32.7 Å². The Bertz CT molecular complexity index is 329. The summed E-state index contributed by atoms with van der Waals surface area (Å²) in [6, 6.07) is 11.2. The second-order valence-electron chi connectivity index (χ2n) is 6.63. The molecule has 24 heavy (non-hydrogen) atoms. The van der Waals surface area contributed by atoms with Gasteiger partial charge in [-0.15, -0.1) is 0 Å². The summed E-state index contributed by atoms with van der Waals surface area (Å²) in [6.07, 6.45) is 7.31. The summed E-state index contributed by atoms with van der Waals surface area (Å²) >= 11 is 0. The van der Waals surface area contributed by atoms with Crippen molar-refractivity contribution in [1.82, 2.24) is 5.32 Å². The molecule has 1 aromatic carbocycles. The first kappa shape index (κ1) is 32.0. The van der Waals surface area contributed by atoms with Gasteiger partial charge in [0.05, 0.1) is 0 Å². The minimum absolute atomic E-state index is 0. The summed E-state index contributed by atoms with van der Waals surface area (Å²) in [7, 11) is 0. The fraction of sp³-hybridized carbons (Fsp3) is 0.727. The molecule has 1 saturated carbocycles. The molecule has 0 unspecified atom stereocenters. The van der Waals surface area contributed by atoms with E-state index in [1.54, 1.807) is 0 Å². The Morgan fingerprint density at radius 3 is 1.75 bits per heavy atom. The Labute approximate surface area is 179 Å². The van der Waals surface area contributed by atoms with E-state index in [1.807, 2.05) is 6.07 Å². The maximum atomic E-state index is 3.52. The van der Waals surface area contributed by atoms with Crippen LogP contribution in [0, 0.1) is 5.92 Å². The van der Waals surface area contributed by atoms with Crippen LogP contribution >= 0.6 is 0 Å². The van der Waals surface area contributed by atoms with Crippen molar-refractivity contribution >= 4 is 0 Å². The van der Waals surface area contributed by atoms with Gasteiger partial charge in [-0.05, 0) is 36.8 Å². The van der Waals surface area contributed by atoms with E-state index in [0.29, 0.717) is 12.0 Å². The van der Waals surface area contributed by atoms with E-state index in [0.717, 1.165) is 5.92 Å². The first-order valence-electron chi connectivity index (χ1n) is 8.38. The van der Waals surface area contributed by atoms with Crippen LogP contribution in [0.5, 0.6) is 0 Å². The van der Waals surface area contributed by atoms with Crippen LogP contribution < -0.4 is 5.32 Å². The summed E-state index contributed by atoms with van der Waals surface area (Å²) in [5, 5.41) is 3.52. The molecule has 0 aromatic heterocycles. The van der Waals surface area contributed by atoms with Gasteiger partial charge in [0.15, 0.2) is 0 Å². The normalized spacial score (nSPS) is 13.4. The second-order valence-corrected chi connectivity index (χ2v) is 6.63. The van der Waals surface area contributed by atoms with E-state index in [-0.39, 0.29) is 55.0 Å². The number of nitrogens with one attached hydrogen (secondary N) is 1. The smallest absolute Gasteiger partial charge is 0.00104 e. The molecule has 0 bridgehead atoms. The summed E-state index contributed by atoms with van der Waals surface area (Å²) in [6.45, 7) is 10.1. The number of benzene rings is 1. The molecule has 1 aliphatic rings. The molecule has 0 amide bonds. The van der Waals surface area contributed by atoms with Crippen LogP contribution in [0.4, 0.5) is 0 Å². The van der Waals surface area contributed by atoms with Gasteiger partial charge >= 0.3 is 0 Å². The largest absolute Gasteiger partial charge is 0.314 e. The second kappa shape index (κ2) is 19.6. The summed E-state index contributed by atoms with van der Waals surface area (Å²) in [5.41, 5.74) is 1.41. The number of hydrogen-bond acceptors (Lipinski definition) is 1. The maximum absolute atomic E-state index is 3.52. The molecule has 0 aliphatic heterocycles. The fourth-order valence-corrected chi connectivity index (χ4v) is 2.63. The van der Waals surface area contributed by atoms with E-state index < -0.39 is 0 Å². The molecule has 2 heteroatoms. The third-order valence-corrected chi connectivity index (χ3v) is 4.01. The molecule has 1 radical (unpaired) electrons. The Morgan fingerprint density at radius 1 is 0.875 bits per heavy atom. The zero-order chi connectivity index (χ0) is 14.8. The van der Waals surface area contributed by atoms with E-state index in [9.17, 15) is 0 Å². The van der Waals surface area contributed by atoms with E-state index in [1.165, 1.54) is 44.2 Å². The van der Waals surface area contributed by atoms with Gasteiger partial charge < -0.3 is 5.32 Å². The molecule has 1 aromatic rings. The van der Waals surface area contributed by atoms with Crippen molar-refractivity contribution in [3.63, 3.8) is 0 Å². The Kier molecular flexibility index (Phi) is 26.1. The topological polar surface area (TPSA) is 12.0 Å². The summed E-state index contributed by atoms with van der Waals surface area (Å²) in [4.78, 5) is 0. The van der Waals surface area contributed by atoms with Crippen molar-refractivity contribution in [2.24, 2.45) is 5.92 Å². The first-order valence-corrected chi connectivity index (χ1v) is 8.38. The molecular weight excluding hydrogens is 367 g/mol. The predicted molar refractivity (Wildman–Crippen MR) is 110 cm³/mol. The van der Waals surface area contributed by atoms with Gasteiger partial charge in [0.2, 0.25) is 0 Å². The Balaban J connectivity index is -0.000000145. The number of rotatable bonds is 4. The van der Waals surface area contributed by atoms with Crippen molar-refractivity contribution < 1.29 is 32.7 Å². The van der Waals surface area contributed by atoms with E-state index in [2.05, 4.69) is 57.3 Å². The minimum Gasteiger partial charge on any atom is -0.314 e. The molecule has 1 nitrogen and oxygen atoms in total. The van der Waals surface area contributed by atoms with Crippen LogP contribution in [0.3, 0.4) is 0 Å². The third kappa shape index (κ3) is 15.8. The fourth-order valence-electron chi connectivity index (χ4n) is 2.63. The summed E-state index contributed by atoms with van der Waals surface area (Å²) < 4.78 is 0. The van der Waals surface area contributed by atoms with Gasteiger partial charge in [-0.2, -0.15) is 0 Å². The average Bonchev–Trinajstić information content (AvgIpc) is 2.48. The van der Waals surface area contributed by atoms with Crippen molar-refractivity contribution in [3.05, 3.63) is 35.9 Å². The molecule has 0 heterocycles. The zero-order valence-corrected chi connectivity index (χ0v) is 17.3. The molecule has 0 spiro atoms. The molecule has 1 N–H and O–H groups in total. The van der Waals surface area contributed by atoms with Crippen molar-refractivity contribution in [2.45, 2.75) is 94.0 Å². The molecule has 141 valence electrons. The van der Waals surface area contributed by atoms with Gasteiger partial charge in [0, 0.05) is 38.8 Å². The van der Waals surface area contributed by atoms with Crippen molar-refractivity contribution in [1.29, 1.82) is 0 Å². The molecule has 1 fully saturated rings. The SMILES string of the molecule is C.C.C.CC(C)NCC1CCCCC1.CC(C)c1ccccc1.[Y]. The summed E-state index contributed by atoms with van der Waals surface area (Å²) in [5.74, 6) is 1.64. The minimum atomic E-state index is 0. The van der Waals surface area contributed by atoms with E-state index >= 15 is 0 Å². The van der Waals surface area contributed by atoms with Crippen molar-refractivity contribution in [3.8, 4) is 0 Å². The number of hydrogen-bond donors (Lipinski definition) is 1.